The Bertz CT molecular complexity index is 291. The van der Waals surface area contributed by atoms with Gasteiger partial charge in [-0.1, -0.05) is 12.2 Å². The van der Waals surface area contributed by atoms with Crippen LogP contribution < -0.4 is 0 Å². The molecule has 2 atom stereocenters. The summed E-state index contributed by atoms with van der Waals surface area (Å²) in [7, 11) is 0. The lowest BCUT2D eigenvalue weighted by molar-refractivity contribution is -0.144. The number of carbonyl (C=O) groups excluding carboxylic acids is 1. The fraction of sp³-hybridized carbons (Fsp3) is 0.583. The first-order chi connectivity index (χ1) is 6.87. The van der Waals surface area contributed by atoms with Crippen LogP contribution in [0.25, 0.3) is 0 Å². The van der Waals surface area contributed by atoms with Crippen LogP contribution >= 0.6 is 0 Å². The first kappa shape index (κ1) is 12.0. The predicted molar refractivity (Wildman–Crippen MR) is 58.3 cm³/mol. The molecule has 0 aromatic heterocycles. The lowest BCUT2D eigenvalue weighted by Crippen LogP contribution is -2.22. The van der Waals surface area contributed by atoms with Crippen molar-refractivity contribution in [3.8, 4) is 0 Å². The maximum absolute atomic E-state index is 11.0. The second-order valence-electron chi connectivity index (χ2n) is 4.45. The quantitative estimate of drug-likeness (QED) is 0.570. The predicted octanol–water partition coefficient (Wildman–Crippen LogP) is 1.97. The van der Waals surface area contributed by atoms with E-state index in [9.17, 15) is 9.90 Å². The van der Waals surface area contributed by atoms with Crippen molar-refractivity contribution >= 4 is 5.97 Å². The SMILES string of the molecule is C=C[C@@](C)(O)CC=C[C@]1(C)CCC(=O)O1. The maximum Gasteiger partial charge on any atom is 0.306 e. The van der Waals surface area contributed by atoms with Gasteiger partial charge >= 0.3 is 5.97 Å². The summed E-state index contributed by atoms with van der Waals surface area (Å²) < 4.78 is 5.16. The van der Waals surface area contributed by atoms with Crippen LogP contribution in [0.5, 0.6) is 0 Å². The molecule has 1 fully saturated rings. The molecule has 1 aliphatic rings. The molecule has 0 aromatic rings. The highest BCUT2D eigenvalue weighted by atomic mass is 16.6. The molecule has 1 rings (SSSR count). The Balaban J connectivity index is 2.51. The van der Waals surface area contributed by atoms with Crippen LogP contribution in [0.1, 0.15) is 33.1 Å². The fourth-order valence-electron chi connectivity index (χ4n) is 1.46. The van der Waals surface area contributed by atoms with E-state index in [2.05, 4.69) is 6.58 Å². The van der Waals surface area contributed by atoms with Crippen molar-refractivity contribution in [2.24, 2.45) is 0 Å². The first-order valence-electron chi connectivity index (χ1n) is 5.12. The summed E-state index contributed by atoms with van der Waals surface area (Å²) >= 11 is 0. The second-order valence-corrected chi connectivity index (χ2v) is 4.45. The summed E-state index contributed by atoms with van der Waals surface area (Å²) in [6, 6.07) is 0. The number of esters is 1. The standard InChI is InChI=1S/C12H18O3/c1-4-11(2,14)7-5-8-12(3)9-6-10(13)15-12/h4-5,8,14H,1,6-7,9H2,2-3H3/t11-,12-/m1/s1. The molecule has 0 spiro atoms. The fourth-order valence-corrected chi connectivity index (χ4v) is 1.46. The van der Waals surface area contributed by atoms with E-state index in [1.165, 1.54) is 6.08 Å². The van der Waals surface area contributed by atoms with Gasteiger partial charge in [0.1, 0.15) is 5.60 Å². The maximum atomic E-state index is 11.0. The van der Waals surface area contributed by atoms with Crippen LogP contribution in [0, 0.1) is 0 Å². The summed E-state index contributed by atoms with van der Waals surface area (Å²) in [4.78, 5) is 11.0. The molecule has 0 bridgehead atoms. The van der Waals surface area contributed by atoms with Crippen molar-refractivity contribution in [2.75, 3.05) is 0 Å². The number of ether oxygens (including phenoxy) is 1. The molecule has 0 unspecified atom stereocenters. The minimum atomic E-state index is -0.893. The molecule has 0 amide bonds. The summed E-state index contributed by atoms with van der Waals surface area (Å²) in [5.41, 5.74) is -1.39. The van der Waals surface area contributed by atoms with Gasteiger partial charge in [-0.25, -0.2) is 0 Å². The van der Waals surface area contributed by atoms with Crippen molar-refractivity contribution in [1.29, 1.82) is 0 Å². The van der Waals surface area contributed by atoms with Gasteiger partial charge in [-0.05, 0) is 26.3 Å². The summed E-state index contributed by atoms with van der Waals surface area (Å²) in [5.74, 6) is -0.155. The first-order valence-corrected chi connectivity index (χ1v) is 5.12. The molecule has 15 heavy (non-hydrogen) atoms. The molecule has 1 heterocycles. The second kappa shape index (κ2) is 4.19. The van der Waals surface area contributed by atoms with Crippen LogP contribution in [-0.4, -0.2) is 22.3 Å². The number of cyclic esters (lactones) is 1. The smallest absolute Gasteiger partial charge is 0.306 e. The third-order valence-electron chi connectivity index (χ3n) is 2.61. The highest BCUT2D eigenvalue weighted by Crippen LogP contribution is 2.28. The molecular formula is C12H18O3. The van der Waals surface area contributed by atoms with Crippen LogP contribution in [0.15, 0.2) is 24.8 Å². The van der Waals surface area contributed by atoms with E-state index in [1.807, 2.05) is 19.1 Å². The van der Waals surface area contributed by atoms with E-state index in [-0.39, 0.29) is 5.97 Å². The Morgan fingerprint density at radius 1 is 1.73 bits per heavy atom. The summed E-state index contributed by atoms with van der Waals surface area (Å²) in [6.07, 6.45) is 6.83. The Morgan fingerprint density at radius 2 is 2.40 bits per heavy atom. The summed E-state index contributed by atoms with van der Waals surface area (Å²) in [6.45, 7) is 7.10. The molecule has 1 N–H and O–H groups in total. The van der Waals surface area contributed by atoms with Gasteiger partial charge in [0.15, 0.2) is 0 Å². The van der Waals surface area contributed by atoms with Gasteiger partial charge in [-0.3, -0.25) is 4.79 Å². The molecule has 0 aromatic carbocycles. The molecule has 84 valence electrons. The van der Waals surface area contributed by atoms with Gasteiger partial charge in [0.05, 0.1) is 5.60 Å². The van der Waals surface area contributed by atoms with E-state index in [0.29, 0.717) is 19.3 Å². The van der Waals surface area contributed by atoms with Gasteiger partial charge in [-0.2, -0.15) is 0 Å². The largest absolute Gasteiger partial charge is 0.455 e. The van der Waals surface area contributed by atoms with Crippen LogP contribution in [0.2, 0.25) is 0 Å². The highest BCUT2D eigenvalue weighted by Gasteiger charge is 2.33. The average molecular weight is 210 g/mol. The lowest BCUT2D eigenvalue weighted by atomic mass is 9.98. The van der Waals surface area contributed by atoms with Gasteiger partial charge in [0.2, 0.25) is 0 Å². The molecule has 1 saturated heterocycles. The van der Waals surface area contributed by atoms with Crippen molar-refractivity contribution in [3.63, 3.8) is 0 Å². The van der Waals surface area contributed by atoms with Crippen LogP contribution in [-0.2, 0) is 9.53 Å². The number of hydrogen-bond acceptors (Lipinski definition) is 3. The van der Waals surface area contributed by atoms with Crippen LogP contribution in [0.3, 0.4) is 0 Å². The molecule has 3 heteroatoms. The molecule has 0 radical (unpaired) electrons. The summed E-state index contributed by atoms with van der Waals surface area (Å²) in [5, 5.41) is 9.66. The van der Waals surface area contributed by atoms with E-state index < -0.39 is 11.2 Å². The third-order valence-corrected chi connectivity index (χ3v) is 2.61. The Kier molecular flexibility index (Phi) is 3.35. The van der Waals surface area contributed by atoms with E-state index in [1.54, 1.807) is 6.92 Å². The van der Waals surface area contributed by atoms with Gasteiger partial charge in [0.25, 0.3) is 0 Å². The zero-order chi connectivity index (χ0) is 11.5. The van der Waals surface area contributed by atoms with Crippen LogP contribution in [0.4, 0.5) is 0 Å². The van der Waals surface area contributed by atoms with E-state index in [0.717, 1.165) is 0 Å². The van der Waals surface area contributed by atoms with E-state index in [4.69, 9.17) is 4.74 Å². The van der Waals surface area contributed by atoms with Gasteiger partial charge < -0.3 is 9.84 Å². The third kappa shape index (κ3) is 3.51. The Morgan fingerprint density at radius 3 is 2.87 bits per heavy atom. The van der Waals surface area contributed by atoms with Crippen molar-refractivity contribution in [1.82, 2.24) is 0 Å². The minimum absolute atomic E-state index is 0.155. The molecule has 3 nitrogen and oxygen atoms in total. The molecule has 0 saturated carbocycles. The minimum Gasteiger partial charge on any atom is -0.455 e. The number of aliphatic hydroxyl groups is 1. The van der Waals surface area contributed by atoms with Crippen molar-refractivity contribution in [3.05, 3.63) is 24.8 Å². The van der Waals surface area contributed by atoms with E-state index >= 15 is 0 Å². The van der Waals surface area contributed by atoms with Gasteiger partial charge in [-0.15, -0.1) is 6.58 Å². The van der Waals surface area contributed by atoms with Crippen molar-refractivity contribution in [2.45, 2.75) is 44.3 Å². The average Bonchev–Trinajstić information content (AvgIpc) is 2.46. The lowest BCUT2D eigenvalue weighted by Gasteiger charge is -2.19. The zero-order valence-electron chi connectivity index (χ0n) is 9.32. The monoisotopic (exact) mass is 210 g/mol. The number of hydrogen-bond donors (Lipinski definition) is 1. The molecular weight excluding hydrogens is 192 g/mol. The topological polar surface area (TPSA) is 46.5 Å². The number of rotatable bonds is 4. The van der Waals surface area contributed by atoms with Crippen molar-refractivity contribution < 1.29 is 14.6 Å². The molecule has 0 aliphatic carbocycles. The number of carbonyl (C=O) groups is 1. The molecule has 1 aliphatic heterocycles. The normalized spacial score (nSPS) is 30.2. The zero-order valence-corrected chi connectivity index (χ0v) is 9.32. The highest BCUT2D eigenvalue weighted by molar-refractivity contribution is 5.72. The van der Waals surface area contributed by atoms with Gasteiger partial charge in [0, 0.05) is 12.8 Å². The Labute approximate surface area is 90.4 Å². The Hall–Kier alpha value is -1.09.